The fourth-order valence-corrected chi connectivity index (χ4v) is 3.63. The molecule has 0 nitrogen and oxygen atoms in total. The number of hydrogen-bond donors (Lipinski definition) is 0. The molecule has 7 heteroatoms. The van der Waals surface area contributed by atoms with Gasteiger partial charge in [-0.15, -0.1) is 0 Å². The summed E-state index contributed by atoms with van der Waals surface area (Å²) >= 11 is 5.92. The molecular formula is C29H33ClF6. The van der Waals surface area contributed by atoms with Crippen LogP contribution >= 0.6 is 11.6 Å². The third-order valence-corrected chi connectivity index (χ3v) is 5.64. The Hall–Kier alpha value is -2.47. The molecule has 0 heterocycles. The first-order valence-corrected chi connectivity index (χ1v) is 12.0. The third kappa shape index (κ3) is 10.3. The fourth-order valence-electron chi connectivity index (χ4n) is 3.28. The van der Waals surface area contributed by atoms with Gasteiger partial charge in [-0.25, -0.2) is 0 Å². The third-order valence-electron chi connectivity index (χ3n) is 5.30. The lowest BCUT2D eigenvalue weighted by Crippen LogP contribution is -2.09. The first-order chi connectivity index (χ1) is 16.6. The van der Waals surface area contributed by atoms with Crippen molar-refractivity contribution in [1.29, 1.82) is 0 Å². The summed E-state index contributed by atoms with van der Waals surface area (Å²) in [4.78, 5) is 0. The summed E-state index contributed by atoms with van der Waals surface area (Å²) in [6, 6.07) is 19.1. The van der Waals surface area contributed by atoms with Gasteiger partial charge in [0.15, 0.2) is 0 Å². The zero-order chi connectivity index (χ0) is 27.7. The topological polar surface area (TPSA) is 0 Å². The summed E-state index contributed by atoms with van der Waals surface area (Å²) in [7, 11) is 0. The first-order valence-electron chi connectivity index (χ1n) is 11.6. The van der Waals surface area contributed by atoms with Crippen molar-refractivity contribution in [3.8, 4) is 0 Å². The standard InChI is InChI=1S/2C10H11F3.C9H11Cl/c1-7(2)8-4-3-5-9(6-8)10(11,12)13;1-7(2)8-5-3-4-6-9(8)10(11,12)13;1-7(2)8-5-3-4-6-9(8)10/h2*3-7H,1-2H3;3-7H,1-2H3. The van der Waals surface area contributed by atoms with Gasteiger partial charge in [0.2, 0.25) is 0 Å². The number of benzene rings is 3. The van der Waals surface area contributed by atoms with Crippen molar-refractivity contribution in [3.05, 3.63) is 106 Å². The molecule has 0 atom stereocenters. The zero-order valence-electron chi connectivity index (χ0n) is 21.3. The second kappa shape index (κ2) is 13.7. The molecule has 0 fully saturated rings. The van der Waals surface area contributed by atoms with Gasteiger partial charge in [-0.05, 0) is 52.6 Å². The summed E-state index contributed by atoms with van der Waals surface area (Å²) in [5, 5.41) is 0.873. The van der Waals surface area contributed by atoms with Gasteiger partial charge in [-0.1, -0.05) is 108 Å². The second-order valence-electron chi connectivity index (χ2n) is 9.19. The van der Waals surface area contributed by atoms with E-state index in [9.17, 15) is 26.3 Å². The van der Waals surface area contributed by atoms with Gasteiger partial charge in [0.1, 0.15) is 0 Å². The maximum atomic E-state index is 12.4. The van der Waals surface area contributed by atoms with Gasteiger partial charge >= 0.3 is 12.4 Å². The fraction of sp³-hybridized carbons (Fsp3) is 0.379. The van der Waals surface area contributed by atoms with Crippen LogP contribution in [0.5, 0.6) is 0 Å². The van der Waals surface area contributed by atoms with Crippen LogP contribution < -0.4 is 0 Å². The molecule has 0 aliphatic carbocycles. The van der Waals surface area contributed by atoms with E-state index >= 15 is 0 Å². The van der Waals surface area contributed by atoms with Crippen LogP contribution in [-0.4, -0.2) is 0 Å². The molecule has 36 heavy (non-hydrogen) atoms. The minimum absolute atomic E-state index is 0.0992. The Morgan fingerprint density at radius 2 is 1.06 bits per heavy atom. The minimum Gasteiger partial charge on any atom is -0.166 e. The van der Waals surface area contributed by atoms with Crippen molar-refractivity contribution in [2.75, 3.05) is 0 Å². The van der Waals surface area contributed by atoms with Crippen LogP contribution in [0.2, 0.25) is 5.02 Å². The maximum Gasteiger partial charge on any atom is 0.416 e. The molecule has 0 radical (unpaired) electrons. The summed E-state index contributed by atoms with van der Waals surface area (Å²) in [6.07, 6.45) is -8.47. The van der Waals surface area contributed by atoms with E-state index in [4.69, 9.17) is 11.6 Å². The second-order valence-corrected chi connectivity index (χ2v) is 9.60. The number of halogens is 7. The smallest absolute Gasteiger partial charge is 0.166 e. The van der Waals surface area contributed by atoms with Crippen LogP contribution in [0.25, 0.3) is 0 Å². The van der Waals surface area contributed by atoms with Crippen LogP contribution in [0.3, 0.4) is 0 Å². The summed E-state index contributed by atoms with van der Waals surface area (Å²) in [5.74, 6) is 0.550. The molecule has 3 aromatic rings. The van der Waals surface area contributed by atoms with Crippen molar-refractivity contribution in [3.63, 3.8) is 0 Å². The summed E-state index contributed by atoms with van der Waals surface area (Å²) in [6.45, 7) is 11.5. The van der Waals surface area contributed by atoms with E-state index in [0.717, 1.165) is 22.7 Å². The Kier molecular flexibility index (Phi) is 12.0. The molecule has 0 bridgehead atoms. The van der Waals surface area contributed by atoms with Gasteiger partial charge < -0.3 is 0 Å². The SMILES string of the molecule is CC(C)c1cccc(C(F)(F)F)c1.CC(C)c1ccccc1C(F)(F)F.CC(C)c1ccccc1Cl. The number of hydrogen-bond acceptors (Lipinski definition) is 0. The summed E-state index contributed by atoms with van der Waals surface area (Å²) < 4.78 is 73.9. The molecule has 0 saturated heterocycles. The quantitative estimate of drug-likeness (QED) is 0.295. The van der Waals surface area contributed by atoms with E-state index in [1.165, 1.54) is 29.8 Å². The Labute approximate surface area is 215 Å². The summed E-state index contributed by atoms with van der Waals surface area (Å²) in [5.41, 5.74) is 1.21. The molecule has 0 spiro atoms. The van der Waals surface area contributed by atoms with Crippen molar-refractivity contribution in [2.24, 2.45) is 0 Å². The van der Waals surface area contributed by atoms with Crippen molar-refractivity contribution >= 4 is 11.6 Å². The van der Waals surface area contributed by atoms with E-state index < -0.39 is 23.5 Å². The maximum absolute atomic E-state index is 12.4. The first kappa shape index (κ1) is 31.6. The normalized spacial score (nSPS) is 11.7. The van der Waals surface area contributed by atoms with E-state index in [1.54, 1.807) is 26.0 Å². The Morgan fingerprint density at radius 1 is 0.556 bits per heavy atom. The Bertz CT molecular complexity index is 1070. The molecule has 0 saturated carbocycles. The molecule has 198 valence electrons. The molecule has 0 aromatic heterocycles. The highest BCUT2D eigenvalue weighted by Crippen LogP contribution is 2.35. The van der Waals surface area contributed by atoms with Crippen molar-refractivity contribution in [2.45, 2.75) is 71.6 Å². The highest BCUT2D eigenvalue weighted by atomic mass is 35.5. The molecule has 0 unspecified atom stereocenters. The average Bonchev–Trinajstić information content (AvgIpc) is 2.79. The minimum atomic E-state index is -4.24. The molecule has 0 aliphatic heterocycles. The molecule has 3 rings (SSSR count). The van der Waals surface area contributed by atoms with Crippen LogP contribution in [0.15, 0.2) is 72.8 Å². The highest BCUT2D eigenvalue weighted by molar-refractivity contribution is 6.31. The number of rotatable bonds is 3. The molecule has 3 aromatic carbocycles. The lowest BCUT2D eigenvalue weighted by molar-refractivity contribution is -0.138. The molecular weight excluding hydrogens is 498 g/mol. The molecule has 0 N–H and O–H groups in total. The lowest BCUT2D eigenvalue weighted by Gasteiger charge is -2.14. The largest absolute Gasteiger partial charge is 0.416 e. The van der Waals surface area contributed by atoms with Crippen LogP contribution in [0.1, 0.15) is 87.1 Å². The number of alkyl halides is 6. The predicted octanol–water partition coefficient (Wildman–Crippen LogP) is 11.1. The van der Waals surface area contributed by atoms with E-state index in [1.807, 2.05) is 32.0 Å². The van der Waals surface area contributed by atoms with Gasteiger partial charge in [0, 0.05) is 5.02 Å². The molecule has 0 aliphatic rings. The van der Waals surface area contributed by atoms with Gasteiger partial charge in [-0.2, -0.15) is 26.3 Å². The van der Waals surface area contributed by atoms with E-state index in [0.29, 0.717) is 11.5 Å². The zero-order valence-corrected chi connectivity index (χ0v) is 22.1. The van der Waals surface area contributed by atoms with Gasteiger partial charge in [0.25, 0.3) is 0 Å². The van der Waals surface area contributed by atoms with E-state index in [2.05, 4.69) is 19.9 Å². The molecule has 0 amide bonds. The Morgan fingerprint density at radius 3 is 1.44 bits per heavy atom. The van der Waals surface area contributed by atoms with Crippen LogP contribution in [-0.2, 0) is 12.4 Å². The monoisotopic (exact) mass is 530 g/mol. The van der Waals surface area contributed by atoms with Gasteiger partial charge in [0.05, 0.1) is 11.1 Å². The van der Waals surface area contributed by atoms with Crippen LogP contribution in [0.4, 0.5) is 26.3 Å². The lowest BCUT2D eigenvalue weighted by atomic mass is 9.97. The van der Waals surface area contributed by atoms with E-state index in [-0.39, 0.29) is 11.8 Å². The van der Waals surface area contributed by atoms with Crippen LogP contribution in [0, 0.1) is 0 Å². The van der Waals surface area contributed by atoms with Crippen molar-refractivity contribution in [1.82, 2.24) is 0 Å². The van der Waals surface area contributed by atoms with Gasteiger partial charge in [-0.3, -0.25) is 0 Å². The highest BCUT2D eigenvalue weighted by Gasteiger charge is 2.33. The average molecular weight is 531 g/mol. The Balaban J connectivity index is 0.000000273. The predicted molar refractivity (Wildman–Crippen MR) is 137 cm³/mol. The van der Waals surface area contributed by atoms with Crippen molar-refractivity contribution < 1.29 is 26.3 Å².